The van der Waals surface area contributed by atoms with Gasteiger partial charge in [-0.3, -0.25) is 5.41 Å². The second-order valence-corrected chi connectivity index (χ2v) is 6.10. The molecule has 0 atom stereocenters. The van der Waals surface area contributed by atoms with E-state index in [0.29, 0.717) is 27.7 Å². The van der Waals surface area contributed by atoms with Gasteiger partial charge in [0.2, 0.25) is 0 Å². The van der Waals surface area contributed by atoms with Crippen molar-refractivity contribution in [1.82, 2.24) is 4.90 Å². The highest BCUT2D eigenvalue weighted by Crippen LogP contribution is 2.33. The van der Waals surface area contributed by atoms with E-state index in [0.717, 1.165) is 5.56 Å². The largest absolute Gasteiger partial charge is 0.573 e. The molecule has 0 fully saturated rings. The van der Waals surface area contributed by atoms with Crippen molar-refractivity contribution in [2.45, 2.75) is 19.5 Å². The SMILES string of the molecule is Br.N=C1c2cc(Cl)c(Cl)cc2CN1Cc1ccccc1OC(F)(F)F. The van der Waals surface area contributed by atoms with Crippen molar-refractivity contribution in [3.63, 3.8) is 0 Å². The summed E-state index contributed by atoms with van der Waals surface area (Å²) >= 11 is 12.0. The Morgan fingerprint density at radius 1 is 1.12 bits per heavy atom. The molecule has 9 heteroatoms. The predicted molar refractivity (Wildman–Crippen MR) is 96.0 cm³/mol. The summed E-state index contributed by atoms with van der Waals surface area (Å²) in [5.41, 5.74) is 1.77. The second kappa shape index (κ2) is 7.43. The van der Waals surface area contributed by atoms with E-state index in [-0.39, 0.29) is 35.1 Å². The number of hydrogen-bond acceptors (Lipinski definition) is 2. The number of amidine groups is 1. The van der Waals surface area contributed by atoms with Crippen LogP contribution in [0.1, 0.15) is 16.7 Å². The molecule has 2 aromatic carbocycles. The molecule has 3 rings (SSSR count). The first-order chi connectivity index (χ1) is 11.2. The maximum Gasteiger partial charge on any atom is 0.573 e. The van der Waals surface area contributed by atoms with E-state index < -0.39 is 6.36 Å². The van der Waals surface area contributed by atoms with Crippen LogP contribution < -0.4 is 4.74 Å². The molecule has 0 radical (unpaired) electrons. The Labute approximate surface area is 162 Å². The van der Waals surface area contributed by atoms with Gasteiger partial charge in [0.1, 0.15) is 11.6 Å². The smallest absolute Gasteiger partial charge is 0.405 e. The summed E-state index contributed by atoms with van der Waals surface area (Å²) in [5.74, 6) is -0.0878. The zero-order valence-corrected chi connectivity index (χ0v) is 15.8. The number of alkyl halides is 3. The van der Waals surface area contributed by atoms with Crippen molar-refractivity contribution in [1.29, 1.82) is 5.41 Å². The van der Waals surface area contributed by atoms with Crippen molar-refractivity contribution >= 4 is 46.0 Å². The third-order valence-electron chi connectivity index (χ3n) is 3.64. The van der Waals surface area contributed by atoms with Crippen molar-refractivity contribution < 1.29 is 17.9 Å². The van der Waals surface area contributed by atoms with Gasteiger partial charge >= 0.3 is 6.36 Å². The van der Waals surface area contributed by atoms with Crippen LogP contribution >= 0.6 is 40.2 Å². The Morgan fingerprint density at radius 3 is 2.44 bits per heavy atom. The number of nitrogens with one attached hydrogen (secondary N) is 1. The molecule has 0 saturated heterocycles. The number of halogens is 6. The van der Waals surface area contributed by atoms with Gasteiger partial charge in [0.05, 0.1) is 10.0 Å². The highest BCUT2D eigenvalue weighted by Gasteiger charge is 2.33. The van der Waals surface area contributed by atoms with Gasteiger partial charge in [0, 0.05) is 24.2 Å². The molecule has 134 valence electrons. The fraction of sp³-hybridized carbons (Fsp3) is 0.188. The minimum Gasteiger partial charge on any atom is -0.405 e. The second-order valence-electron chi connectivity index (χ2n) is 5.28. The van der Waals surface area contributed by atoms with Crippen molar-refractivity contribution in [3.8, 4) is 5.75 Å². The summed E-state index contributed by atoms with van der Waals surface area (Å²) in [7, 11) is 0. The van der Waals surface area contributed by atoms with E-state index in [1.54, 1.807) is 23.1 Å². The first kappa shape index (κ1) is 19.9. The minimum absolute atomic E-state index is 0. The number of hydrogen-bond donors (Lipinski definition) is 1. The number of para-hydroxylation sites is 1. The molecule has 3 nitrogen and oxygen atoms in total. The van der Waals surface area contributed by atoms with E-state index in [2.05, 4.69) is 4.74 Å². The first-order valence-electron chi connectivity index (χ1n) is 6.90. The predicted octanol–water partition coefficient (Wildman–Crippen LogP) is 5.81. The molecule has 0 saturated carbocycles. The van der Waals surface area contributed by atoms with Crippen LogP contribution in [0.3, 0.4) is 0 Å². The molecule has 0 amide bonds. The Hall–Kier alpha value is -1.44. The molecule has 1 aliphatic heterocycles. The van der Waals surface area contributed by atoms with Crippen LogP contribution in [0.5, 0.6) is 5.75 Å². The van der Waals surface area contributed by atoms with E-state index in [4.69, 9.17) is 28.6 Å². The molecule has 0 bridgehead atoms. The summed E-state index contributed by atoms with van der Waals surface area (Å²) in [6.45, 7) is 0.473. The number of ether oxygens (including phenoxy) is 1. The Bertz CT molecular complexity index is 814. The number of rotatable bonds is 3. The fourth-order valence-electron chi connectivity index (χ4n) is 2.59. The maximum absolute atomic E-state index is 12.5. The molecule has 2 aromatic rings. The zero-order chi connectivity index (χ0) is 17.5. The van der Waals surface area contributed by atoms with E-state index >= 15 is 0 Å². The van der Waals surface area contributed by atoms with Gasteiger partial charge in [-0.25, -0.2) is 0 Å². The van der Waals surface area contributed by atoms with Gasteiger partial charge in [0.15, 0.2) is 0 Å². The summed E-state index contributed by atoms with van der Waals surface area (Å²) in [6, 6.07) is 9.15. The number of benzene rings is 2. The molecule has 25 heavy (non-hydrogen) atoms. The molecule has 0 spiro atoms. The summed E-state index contributed by atoms with van der Waals surface area (Å²) < 4.78 is 41.6. The molecular weight excluding hydrogens is 444 g/mol. The van der Waals surface area contributed by atoms with Gasteiger partial charge in [-0.2, -0.15) is 0 Å². The molecule has 0 unspecified atom stereocenters. The highest BCUT2D eigenvalue weighted by atomic mass is 79.9. The lowest BCUT2D eigenvalue weighted by Crippen LogP contribution is -2.25. The summed E-state index contributed by atoms with van der Waals surface area (Å²) in [5, 5.41) is 8.93. The van der Waals surface area contributed by atoms with Crippen molar-refractivity contribution in [3.05, 3.63) is 63.1 Å². The average Bonchev–Trinajstić information content (AvgIpc) is 2.77. The Morgan fingerprint density at radius 2 is 1.76 bits per heavy atom. The molecule has 0 aromatic heterocycles. The molecular formula is C16H12BrCl2F3N2O. The molecule has 0 aliphatic carbocycles. The van der Waals surface area contributed by atoms with Gasteiger partial charge in [0.25, 0.3) is 0 Å². The lowest BCUT2D eigenvalue weighted by Gasteiger charge is -2.20. The highest BCUT2D eigenvalue weighted by molar-refractivity contribution is 8.93. The van der Waals surface area contributed by atoms with Crippen molar-refractivity contribution in [2.75, 3.05) is 0 Å². The van der Waals surface area contributed by atoms with E-state index in [9.17, 15) is 13.2 Å². The average molecular weight is 456 g/mol. The fourth-order valence-corrected chi connectivity index (χ4v) is 2.94. The molecule has 1 N–H and O–H groups in total. The van der Waals surface area contributed by atoms with Crippen LogP contribution in [0.4, 0.5) is 13.2 Å². The van der Waals surface area contributed by atoms with Crippen LogP contribution in [0, 0.1) is 5.41 Å². The lowest BCUT2D eigenvalue weighted by atomic mass is 10.1. The van der Waals surface area contributed by atoms with Gasteiger partial charge in [-0.15, -0.1) is 30.2 Å². The summed E-state index contributed by atoms with van der Waals surface area (Å²) in [4.78, 5) is 1.63. The first-order valence-corrected chi connectivity index (χ1v) is 7.65. The van der Waals surface area contributed by atoms with Crippen LogP contribution in [0.15, 0.2) is 36.4 Å². The maximum atomic E-state index is 12.5. The van der Waals surface area contributed by atoms with Gasteiger partial charge in [-0.05, 0) is 23.8 Å². The van der Waals surface area contributed by atoms with Crippen LogP contribution in [-0.2, 0) is 13.1 Å². The number of fused-ring (bicyclic) bond motifs is 1. The standard InChI is InChI=1S/C16H11Cl2F3N2O.BrH/c17-12-5-10-8-23(15(22)11(10)6-13(12)18)7-9-3-1-2-4-14(9)24-16(19,20)21;/h1-6,22H,7-8H2;1H. The normalized spacial score (nSPS) is 13.5. The third kappa shape index (κ3) is 4.40. The Balaban J connectivity index is 0.00000225. The Kier molecular flexibility index (Phi) is 5.91. The van der Waals surface area contributed by atoms with Crippen molar-refractivity contribution in [2.24, 2.45) is 0 Å². The van der Waals surface area contributed by atoms with Crippen LogP contribution in [0.2, 0.25) is 10.0 Å². The number of nitrogens with zero attached hydrogens (tertiary/aromatic N) is 1. The zero-order valence-electron chi connectivity index (χ0n) is 12.5. The van der Waals surface area contributed by atoms with E-state index in [1.807, 2.05) is 0 Å². The lowest BCUT2D eigenvalue weighted by molar-refractivity contribution is -0.275. The van der Waals surface area contributed by atoms with Crippen LogP contribution in [0.25, 0.3) is 0 Å². The topological polar surface area (TPSA) is 36.3 Å². The monoisotopic (exact) mass is 454 g/mol. The summed E-state index contributed by atoms with van der Waals surface area (Å²) in [6.07, 6.45) is -4.77. The van der Waals surface area contributed by atoms with E-state index in [1.165, 1.54) is 18.2 Å². The van der Waals surface area contributed by atoms with Gasteiger partial charge in [-0.1, -0.05) is 41.4 Å². The molecule has 1 heterocycles. The minimum atomic E-state index is -4.77. The molecule has 1 aliphatic rings. The van der Waals surface area contributed by atoms with Gasteiger partial charge < -0.3 is 9.64 Å². The quantitative estimate of drug-likeness (QED) is 0.633. The van der Waals surface area contributed by atoms with Crippen LogP contribution in [-0.4, -0.2) is 17.1 Å². The third-order valence-corrected chi connectivity index (χ3v) is 4.36.